The van der Waals surface area contributed by atoms with Crippen molar-refractivity contribution in [3.63, 3.8) is 0 Å². The van der Waals surface area contributed by atoms with E-state index in [0.717, 1.165) is 15.4 Å². The average Bonchev–Trinajstić information content (AvgIpc) is 2.42. The predicted molar refractivity (Wildman–Crippen MR) is 79.4 cm³/mol. The van der Waals surface area contributed by atoms with Gasteiger partial charge in [-0.15, -0.1) is 0 Å². The molecule has 0 saturated heterocycles. The number of hydrogen-bond donors (Lipinski definition) is 0. The summed E-state index contributed by atoms with van der Waals surface area (Å²) in [5, 5.41) is 1.55. The van der Waals surface area contributed by atoms with Gasteiger partial charge in [0, 0.05) is 10.9 Å². The second-order valence-corrected chi connectivity index (χ2v) is 5.31. The van der Waals surface area contributed by atoms with E-state index in [4.69, 9.17) is 4.42 Å². The molecule has 1 heterocycles. The van der Waals surface area contributed by atoms with E-state index in [1.54, 1.807) is 6.07 Å². The van der Waals surface area contributed by atoms with Gasteiger partial charge in [-0.05, 0) is 35.2 Å². The van der Waals surface area contributed by atoms with Crippen LogP contribution in [0.2, 0.25) is 0 Å². The number of benzene rings is 2. The van der Waals surface area contributed by atoms with Crippen LogP contribution in [0.4, 0.5) is 0 Å². The Bertz CT molecular complexity index is 773. The van der Waals surface area contributed by atoms with Crippen molar-refractivity contribution in [3.05, 3.63) is 80.8 Å². The van der Waals surface area contributed by atoms with Gasteiger partial charge in [-0.3, -0.25) is 0 Å². The molecule has 0 N–H and O–H groups in total. The van der Waals surface area contributed by atoms with E-state index in [-0.39, 0.29) is 5.63 Å². The van der Waals surface area contributed by atoms with E-state index in [1.807, 2.05) is 48.5 Å². The second-order valence-electron chi connectivity index (χ2n) is 4.39. The maximum absolute atomic E-state index is 11.9. The highest BCUT2D eigenvalue weighted by molar-refractivity contribution is 9.10. The molecule has 0 fully saturated rings. The van der Waals surface area contributed by atoms with Crippen molar-refractivity contribution in [1.29, 1.82) is 0 Å². The zero-order valence-corrected chi connectivity index (χ0v) is 11.7. The minimum Gasteiger partial charge on any atom is -0.427 e. The van der Waals surface area contributed by atoms with E-state index >= 15 is 0 Å². The molecule has 0 saturated carbocycles. The molecule has 0 bridgehead atoms. The molecule has 19 heavy (non-hydrogen) atoms. The lowest BCUT2D eigenvalue weighted by atomic mass is 10.1. The van der Waals surface area contributed by atoms with Gasteiger partial charge in [-0.25, -0.2) is 4.79 Å². The second kappa shape index (κ2) is 5.02. The first-order valence-corrected chi connectivity index (χ1v) is 6.78. The fourth-order valence-electron chi connectivity index (χ4n) is 2.08. The fraction of sp³-hybridized carbons (Fsp3) is 0.0625. The summed E-state index contributed by atoms with van der Waals surface area (Å²) in [6, 6.07) is 17.4. The van der Waals surface area contributed by atoms with Crippen LogP contribution in [0.5, 0.6) is 0 Å². The number of hydrogen-bond acceptors (Lipinski definition) is 2. The van der Waals surface area contributed by atoms with Crippen molar-refractivity contribution in [1.82, 2.24) is 0 Å². The smallest absolute Gasteiger partial charge is 0.343 e. The van der Waals surface area contributed by atoms with Crippen LogP contribution in [0.15, 0.2) is 68.3 Å². The first-order valence-electron chi connectivity index (χ1n) is 5.98. The van der Waals surface area contributed by atoms with Crippen molar-refractivity contribution in [3.8, 4) is 0 Å². The summed E-state index contributed by atoms with van der Waals surface area (Å²) in [6.07, 6.45) is 0.618. The van der Waals surface area contributed by atoms with Gasteiger partial charge in [0.15, 0.2) is 0 Å². The third kappa shape index (κ3) is 2.61. The highest BCUT2D eigenvalue weighted by Gasteiger charge is 2.04. The van der Waals surface area contributed by atoms with Crippen LogP contribution in [0.25, 0.3) is 10.8 Å². The van der Waals surface area contributed by atoms with E-state index in [9.17, 15) is 4.79 Å². The van der Waals surface area contributed by atoms with Crippen molar-refractivity contribution in [2.45, 2.75) is 6.42 Å². The minimum absolute atomic E-state index is 0.273. The standard InChI is InChI=1S/C16H11BrO2/c17-13-7-5-11(6-8-13)9-14-10-12-3-1-2-4-15(12)16(18)19-14/h1-8,10H,9H2. The fourth-order valence-corrected chi connectivity index (χ4v) is 2.34. The van der Waals surface area contributed by atoms with Gasteiger partial charge in [-0.2, -0.15) is 0 Å². The zero-order chi connectivity index (χ0) is 13.2. The first-order chi connectivity index (χ1) is 9.22. The van der Waals surface area contributed by atoms with Gasteiger partial charge in [-0.1, -0.05) is 46.3 Å². The van der Waals surface area contributed by atoms with Gasteiger partial charge in [0.05, 0.1) is 5.39 Å². The van der Waals surface area contributed by atoms with E-state index in [0.29, 0.717) is 17.6 Å². The number of rotatable bonds is 2. The van der Waals surface area contributed by atoms with Crippen LogP contribution in [0.3, 0.4) is 0 Å². The highest BCUT2D eigenvalue weighted by atomic mass is 79.9. The SMILES string of the molecule is O=c1oc(Cc2ccc(Br)cc2)cc2ccccc12. The summed E-state index contributed by atoms with van der Waals surface area (Å²) in [7, 11) is 0. The van der Waals surface area contributed by atoms with Gasteiger partial charge in [0.1, 0.15) is 5.76 Å². The summed E-state index contributed by atoms with van der Waals surface area (Å²) >= 11 is 3.40. The van der Waals surface area contributed by atoms with Gasteiger partial charge >= 0.3 is 5.63 Å². The van der Waals surface area contributed by atoms with Crippen LogP contribution < -0.4 is 5.63 Å². The molecule has 0 atom stereocenters. The minimum atomic E-state index is -0.273. The Morgan fingerprint density at radius 1 is 1.00 bits per heavy atom. The topological polar surface area (TPSA) is 30.2 Å². The Kier molecular flexibility index (Phi) is 3.22. The van der Waals surface area contributed by atoms with E-state index in [1.165, 1.54) is 0 Å². The lowest BCUT2D eigenvalue weighted by Crippen LogP contribution is -2.02. The molecule has 0 radical (unpaired) electrons. The van der Waals surface area contributed by atoms with Gasteiger partial charge in [0.25, 0.3) is 0 Å². The summed E-state index contributed by atoms with van der Waals surface area (Å²) in [5.41, 5.74) is 0.840. The Morgan fingerprint density at radius 2 is 1.74 bits per heavy atom. The molecular weight excluding hydrogens is 304 g/mol. The van der Waals surface area contributed by atoms with E-state index in [2.05, 4.69) is 15.9 Å². The lowest BCUT2D eigenvalue weighted by molar-refractivity contribution is 0.476. The number of halogens is 1. The molecule has 0 aliphatic heterocycles. The quantitative estimate of drug-likeness (QED) is 0.711. The van der Waals surface area contributed by atoms with Crippen LogP contribution in [0.1, 0.15) is 11.3 Å². The molecule has 1 aromatic heterocycles. The maximum atomic E-state index is 11.9. The normalized spacial score (nSPS) is 10.8. The Labute approximate surface area is 118 Å². The van der Waals surface area contributed by atoms with Gasteiger partial charge in [0.2, 0.25) is 0 Å². The molecule has 3 rings (SSSR count). The predicted octanol–water partition coefficient (Wildman–Crippen LogP) is 4.15. The van der Waals surface area contributed by atoms with E-state index < -0.39 is 0 Å². The van der Waals surface area contributed by atoms with Crippen LogP contribution in [-0.4, -0.2) is 0 Å². The third-order valence-electron chi connectivity index (χ3n) is 3.01. The molecule has 2 nitrogen and oxygen atoms in total. The van der Waals surface area contributed by atoms with Crippen LogP contribution in [0, 0.1) is 0 Å². The molecule has 0 aliphatic carbocycles. The molecule has 3 aromatic rings. The molecule has 2 aromatic carbocycles. The van der Waals surface area contributed by atoms with Crippen molar-refractivity contribution in [2.75, 3.05) is 0 Å². The molecule has 94 valence electrons. The molecule has 0 unspecified atom stereocenters. The average molecular weight is 315 g/mol. The largest absolute Gasteiger partial charge is 0.427 e. The van der Waals surface area contributed by atoms with Gasteiger partial charge < -0.3 is 4.42 Å². The maximum Gasteiger partial charge on any atom is 0.343 e. The van der Waals surface area contributed by atoms with Crippen molar-refractivity contribution >= 4 is 26.7 Å². The molecule has 0 amide bonds. The summed E-state index contributed by atoms with van der Waals surface area (Å²) in [5.74, 6) is 0.686. The summed E-state index contributed by atoms with van der Waals surface area (Å²) in [4.78, 5) is 11.9. The molecule has 0 spiro atoms. The Balaban J connectivity index is 2.01. The zero-order valence-electron chi connectivity index (χ0n) is 10.1. The molecule has 0 aliphatic rings. The summed E-state index contributed by atoms with van der Waals surface area (Å²) < 4.78 is 6.40. The Morgan fingerprint density at radius 3 is 2.53 bits per heavy atom. The third-order valence-corrected chi connectivity index (χ3v) is 3.54. The lowest BCUT2D eigenvalue weighted by Gasteiger charge is -2.03. The summed E-state index contributed by atoms with van der Waals surface area (Å²) in [6.45, 7) is 0. The highest BCUT2D eigenvalue weighted by Crippen LogP contribution is 2.16. The van der Waals surface area contributed by atoms with Crippen LogP contribution in [-0.2, 0) is 6.42 Å². The van der Waals surface area contributed by atoms with Crippen molar-refractivity contribution in [2.24, 2.45) is 0 Å². The van der Waals surface area contributed by atoms with Crippen molar-refractivity contribution < 1.29 is 4.42 Å². The molecule has 3 heteroatoms. The number of fused-ring (bicyclic) bond motifs is 1. The monoisotopic (exact) mass is 314 g/mol. The molecular formula is C16H11BrO2. The Hall–Kier alpha value is -1.87. The first kappa shape index (κ1) is 12.2. The van der Waals surface area contributed by atoms with Crippen LogP contribution >= 0.6 is 15.9 Å².